The Balaban J connectivity index is 1.71. The van der Waals surface area contributed by atoms with Gasteiger partial charge in [0, 0.05) is 23.7 Å². The maximum atomic E-state index is 14.6. The minimum Gasteiger partial charge on any atom is -0.497 e. The van der Waals surface area contributed by atoms with Gasteiger partial charge in [0.1, 0.15) is 11.5 Å². The van der Waals surface area contributed by atoms with Crippen molar-refractivity contribution < 1.29 is 24.1 Å². The second-order valence-corrected chi connectivity index (χ2v) is 16.5. The SMILES string of the molecule is COc1ccc([Si](C)(C)[C@H]2[C@H](CCO)O[C@@]3(C(=O)N4c5c(cc(OC)cc53)C(C)=CC4(C)C)[C@@H]2C)cc1. The summed E-state index contributed by atoms with van der Waals surface area (Å²) in [6.07, 6.45) is 2.41. The summed E-state index contributed by atoms with van der Waals surface area (Å²) in [5.41, 5.74) is 2.47. The highest BCUT2D eigenvalue weighted by molar-refractivity contribution is 6.91. The van der Waals surface area contributed by atoms with Crippen molar-refractivity contribution in [1.82, 2.24) is 0 Å². The molecule has 0 aliphatic carbocycles. The average Bonchev–Trinajstić information content (AvgIpc) is 3.29. The predicted octanol–water partition coefficient (Wildman–Crippen LogP) is 4.84. The van der Waals surface area contributed by atoms with Crippen molar-refractivity contribution in [1.29, 1.82) is 0 Å². The second kappa shape index (κ2) is 8.72. The van der Waals surface area contributed by atoms with Gasteiger partial charge in [-0.1, -0.05) is 43.4 Å². The third-order valence-electron chi connectivity index (χ3n) is 9.03. The molecule has 4 atom stereocenters. The smallest absolute Gasteiger partial charge is 0.265 e. The maximum Gasteiger partial charge on any atom is 0.265 e. The summed E-state index contributed by atoms with van der Waals surface area (Å²) in [7, 11) is 1.14. The number of rotatable bonds is 6. The quantitative estimate of drug-likeness (QED) is 0.551. The standard InChI is InChI=1S/C30H39NO5Si/c1-18-17-29(3,4)31-26-23(18)15-21(35-6)16-24(26)30(28(31)33)19(2)27(25(36-30)13-14-32)37(7,8)22-11-9-20(34-5)10-12-22/h9-12,15-17,19,25,27,32H,13-14H2,1-8H3/t19-,25+,27-,30+/m1/s1. The van der Waals surface area contributed by atoms with Gasteiger partial charge in [-0.3, -0.25) is 9.69 Å². The van der Waals surface area contributed by atoms with Crippen LogP contribution >= 0.6 is 0 Å². The van der Waals surface area contributed by atoms with Crippen molar-refractivity contribution in [3.63, 3.8) is 0 Å². The van der Waals surface area contributed by atoms with E-state index < -0.39 is 19.2 Å². The molecule has 1 spiro atoms. The molecule has 198 valence electrons. The number of hydrogen-bond donors (Lipinski definition) is 1. The van der Waals surface area contributed by atoms with Gasteiger partial charge in [-0.05, 0) is 62.6 Å². The Kier molecular flexibility index (Phi) is 6.13. The van der Waals surface area contributed by atoms with Gasteiger partial charge in [0.25, 0.3) is 5.91 Å². The molecule has 2 aromatic carbocycles. The number of amides is 1. The van der Waals surface area contributed by atoms with Crippen molar-refractivity contribution in [2.45, 2.75) is 70.0 Å². The maximum absolute atomic E-state index is 14.6. The van der Waals surface area contributed by atoms with Crippen molar-refractivity contribution in [2.75, 3.05) is 25.7 Å². The second-order valence-electron chi connectivity index (χ2n) is 11.9. The first-order chi connectivity index (χ1) is 17.4. The number of aliphatic hydroxyl groups excluding tert-OH is 1. The molecule has 7 heteroatoms. The van der Waals surface area contributed by atoms with Gasteiger partial charge in [0.05, 0.1) is 39.6 Å². The Morgan fingerprint density at radius 3 is 2.32 bits per heavy atom. The molecular formula is C30H39NO5Si. The van der Waals surface area contributed by atoms with Gasteiger partial charge in [-0.25, -0.2) is 0 Å². The summed E-state index contributed by atoms with van der Waals surface area (Å²) in [5, 5.41) is 11.4. The molecule has 3 heterocycles. The van der Waals surface area contributed by atoms with Crippen molar-refractivity contribution in [2.24, 2.45) is 5.92 Å². The Labute approximate surface area is 221 Å². The zero-order chi connectivity index (χ0) is 26.9. The summed E-state index contributed by atoms with van der Waals surface area (Å²) in [5.74, 6) is 1.44. The number of fused-ring (bicyclic) bond motifs is 1. The largest absolute Gasteiger partial charge is 0.497 e. The summed E-state index contributed by atoms with van der Waals surface area (Å²) < 4.78 is 18.1. The number of methoxy groups -OCH3 is 2. The van der Waals surface area contributed by atoms with Crippen molar-refractivity contribution >= 4 is 30.4 Å². The minimum absolute atomic E-state index is 0.0109. The molecule has 3 aliphatic heterocycles. The van der Waals surface area contributed by atoms with Crippen molar-refractivity contribution in [3.8, 4) is 11.5 Å². The predicted molar refractivity (Wildman–Crippen MR) is 149 cm³/mol. The van der Waals surface area contributed by atoms with E-state index in [0.29, 0.717) is 6.42 Å². The van der Waals surface area contributed by atoms with E-state index in [-0.39, 0.29) is 30.1 Å². The van der Waals surface area contributed by atoms with E-state index in [0.717, 1.165) is 33.9 Å². The molecule has 5 rings (SSSR count). The lowest BCUT2D eigenvalue weighted by atomic mass is 9.81. The lowest BCUT2D eigenvalue weighted by molar-refractivity contribution is -0.147. The number of anilines is 1. The van der Waals surface area contributed by atoms with Crippen LogP contribution in [0.25, 0.3) is 5.57 Å². The number of hydrogen-bond acceptors (Lipinski definition) is 5. The molecule has 37 heavy (non-hydrogen) atoms. The molecule has 0 saturated carbocycles. The van der Waals surface area contributed by atoms with Crippen LogP contribution in [0.2, 0.25) is 18.6 Å². The molecule has 0 aromatic heterocycles. The molecule has 1 amide bonds. The van der Waals surface area contributed by atoms with Crippen LogP contribution in [-0.2, 0) is 15.1 Å². The number of allylic oxidation sites excluding steroid dienone is 1. The number of nitrogens with zero attached hydrogens (tertiary/aromatic N) is 1. The summed E-state index contributed by atoms with van der Waals surface area (Å²) in [6, 6.07) is 12.4. The zero-order valence-electron chi connectivity index (χ0n) is 23.2. The minimum atomic E-state index is -2.20. The van der Waals surface area contributed by atoms with E-state index in [9.17, 15) is 9.90 Å². The van der Waals surface area contributed by atoms with Gasteiger partial charge in [0.2, 0.25) is 0 Å². The molecular weight excluding hydrogens is 482 g/mol. The lowest BCUT2D eigenvalue weighted by Crippen LogP contribution is -2.54. The number of aliphatic hydroxyl groups is 1. The van der Waals surface area contributed by atoms with E-state index in [1.165, 1.54) is 5.19 Å². The lowest BCUT2D eigenvalue weighted by Gasteiger charge is -2.40. The molecule has 1 fully saturated rings. The van der Waals surface area contributed by atoms with Crippen LogP contribution in [0, 0.1) is 5.92 Å². The van der Waals surface area contributed by atoms with Gasteiger partial charge in [0.15, 0.2) is 5.60 Å². The summed E-state index contributed by atoms with van der Waals surface area (Å²) >= 11 is 0. The Morgan fingerprint density at radius 1 is 1.08 bits per heavy atom. The fourth-order valence-corrected chi connectivity index (χ4v) is 11.4. The van der Waals surface area contributed by atoms with Crippen molar-refractivity contribution in [3.05, 3.63) is 53.6 Å². The van der Waals surface area contributed by atoms with Gasteiger partial charge in [-0.15, -0.1) is 0 Å². The van der Waals surface area contributed by atoms with Crippen LogP contribution < -0.4 is 19.6 Å². The van der Waals surface area contributed by atoms with Crippen LogP contribution in [0.15, 0.2) is 42.5 Å². The molecule has 0 radical (unpaired) electrons. The molecule has 0 bridgehead atoms. The van der Waals surface area contributed by atoms with E-state index in [2.05, 4.69) is 59.0 Å². The molecule has 3 aliphatic rings. The van der Waals surface area contributed by atoms with Gasteiger partial charge >= 0.3 is 0 Å². The first-order valence-corrected chi connectivity index (χ1v) is 16.2. The van der Waals surface area contributed by atoms with Gasteiger partial charge in [-0.2, -0.15) is 0 Å². The molecule has 0 unspecified atom stereocenters. The Morgan fingerprint density at radius 2 is 1.73 bits per heavy atom. The number of carbonyl (C=O) groups is 1. The van der Waals surface area contributed by atoms with E-state index in [4.69, 9.17) is 14.2 Å². The molecule has 1 N–H and O–H groups in total. The molecule has 2 aromatic rings. The van der Waals surface area contributed by atoms with Gasteiger partial charge < -0.3 is 19.3 Å². The third kappa shape index (κ3) is 3.54. The van der Waals surface area contributed by atoms with Crippen LogP contribution in [0.1, 0.15) is 45.2 Å². The highest BCUT2D eigenvalue weighted by Gasteiger charge is 2.68. The highest BCUT2D eigenvalue weighted by Crippen LogP contribution is 2.63. The van der Waals surface area contributed by atoms with E-state index in [1.807, 2.05) is 29.2 Å². The van der Waals surface area contributed by atoms with Crippen LogP contribution in [0.3, 0.4) is 0 Å². The van der Waals surface area contributed by atoms with Crippen LogP contribution in [0.4, 0.5) is 5.69 Å². The molecule has 1 saturated heterocycles. The number of benzene rings is 2. The normalized spacial score (nSPS) is 27.9. The monoisotopic (exact) mass is 521 g/mol. The molecule has 6 nitrogen and oxygen atoms in total. The first kappa shape index (κ1) is 26.0. The Bertz CT molecular complexity index is 1270. The van der Waals surface area contributed by atoms with Crippen LogP contribution in [-0.4, -0.2) is 51.6 Å². The van der Waals surface area contributed by atoms with Crippen LogP contribution in [0.5, 0.6) is 11.5 Å². The number of carbonyl (C=O) groups excluding carboxylic acids is 1. The number of ether oxygens (including phenoxy) is 3. The fraction of sp³-hybridized carbons (Fsp3) is 0.500. The summed E-state index contributed by atoms with van der Waals surface area (Å²) in [4.78, 5) is 16.6. The first-order valence-electron chi connectivity index (χ1n) is 13.1. The van der Waals surface area contributed by atoms with E-state index in [1.54, 1.807) is 14.2 Å². The third-order valence-corrected chi connectivity index (χ3v) is 13.4. The fourth-order valence-electron chi connectivity index (χ4n) is 7.37. The Hall–Kier alpha value is -2.61. The topological polar surface area (TPSA) is 68.2 Å². The zero-order valence-corrected chi connectivity index (χ0v) is 24.2. The highest BCUT2D eigenvalue weighted by atomic mass is 28.3. The van der Waals surface area contributed by atoms with E-state index >= 15 is 0 Å². The summed E-state index contributed by atoms with van der Waals surface area (Å²) in [6.45, 7) is 13.2. The average molecular weight is 522 g/mol.